The first kappa shape index (κ1) is 13.3. The van der Waals surface area contributed by atoms with Gasteiger partial charge >= 0.3 is 6.18 Å². The van der Waals surface area contributed by atoms with Gasteiger partial charge in [-0.15, -0.1) is 0 Å². The average Bonchev–Trinajstić information content (AvgIpc) is 2.16. The molecule has 1 unspecified atom stereocenters. The van der Waals surface area contributed by atoms with Gasteiger partial charge < -0.3 is 10.8 Å². The number of hydrogen-bond donors (Lipinski definition) is 2. The van der Waals surface area contributed by atoms with E-state index in [1.165, 1.54) is 12.1 Å². The van der Waals surface area contributed by atoms with E-state index in [0.29, 0.717) is 0 Å². The minimum absolute atomic E-state index is 0.168. The maximum atomic E-state index is 12.5. The van der Waals surface area contributed by atoms with Crippen LogP contribution in [0.5, 0.6) is 0 Å². The topological polar surface area (TPSA) is 46.2 Å². The predicted octanol–water partition coefficient (Wildman–Crippen LogP) is 2.74. The molecule has 0 saturated carbocycles. The summed E-state index contributed by atoms with van der Waals surface area (Å²) in [6.07, 6.45) is -4.33. The summed E-state index contributed by atoms with van der Waals surface area (Å²) in [5.74, 6) is 0. The molecule has 0 saturated heterocycles. The summed E-state index contributed by atoms with van der Waals surface area (Å²) >= 11 is 5.64. The zero-order chi connectivity index (χ0) is 12.3. The van der Waals surface area contributed by atoms with Gasteiger partial charge in [0.1, 0.15) is 0 Å². The molecule has 0 aromatic heterocycles. The van der Waals surface area contributed by atoms with Crippen LogP contribution < -0.4 is 5.73 Å². The molecule has 0 aliphatic carbocycles. The van der Waals surface area contributed by atoms with E-state index in [0.717, 1.165) is 6.07 Å². The number of alkyl halides is 3. The Labute approximate surface area is 95.8 Å². The van der Waals surface area contributed by atoms with Crippen LogP contribution in [0.15, 0.2) is 18.2 Å². The highest BCUT2D eigenvalue weighted by Crippen LogP contribution is 2.37. The van der Waals surface area contributed by atoms with Crippen molar-refractivity contribution < 1.29 is 18.3 Å². The molecule has 0 spiro atoms. The molecule has 90 valence electrons. The first-order chi connectivity index (χ1) is 7.38. The SMILES string of the molecule is NC(CCO)c1cccc(C(F)(F)F)c1Cl. The molecule has 16 heavy (non-hydrogen) atoms. The zero-order valence-corrected chi connectivity index (χ0v) is 9.02. The normalized spacial score (nSPS) is 13.9. The van der Waals surface area contributed by atoms with Crippen molar-refractivity contribution in [1.82, 2.24) is 0 Å². The Morgan fingerprint density at radius 2 is 2.00 bits per heavy atom. The second-order valence-electron chi connectivity index (χ2n) is 3.33. The standard InChI is InChI=1S/C10H11ClF3NO/c11-9-6(8(15)4-5-16)2-1-3-7(9)10(12,13)14/h1-3,8,16H,4-5,15H2. The van der Waals surface area contributed by atoms with Crippen molar-refractivity contribution in [3.8, 4) is 0 Å². The summed E-state index contributed by atoms with van der Waals surface area (Å²) in [5.41, 5.74) is 4.90. The van der Waals surface area contributed by atoms with Crippen molar-refractivity contribution >= 4 is 11.6 Å². The molecule has 1 aromatic rings. The lowest BCUT2D eigenvalue weighted by Crippen LogP contribution is -2.15. The van der Waals surface area contributed by atoms with Gasteiger partial charge in [0.25, 0.3) is 0 Å². The highest BCUT2D eigenvalue weighted by Gasteiger charge is 2.34. The third-order valence-electron chi connectivity index (χ3n) is 2.17. The monoisotopic (exact) mass is 253 g/mol. The van der Waals surface area contributed by atoms with E-state index in [-0.39, 0.29) is 18.6 Å². The van der Waals surface area contributed by atoms with Gasteiger partial charge in [-0.3, -0.25) is 0 Å². The third-order valence-corrected chi connectivity index (χ3v) is 2.60. The molecule has 0 bridgehead atoms. The van der Waals surface area contributed by atoms with E-state index in [2.05, 4.69) is 0 Å². The zero-order valence-electron chi connectivity index (χ0n) is 8.26. The molecule has 0 aliphatic heterocycles. The van der Waals surface area contributed by atoms with Crippen LogP contribution in [-0.4, -0.2) is 11.7 Å². The fourth-order valence-corrected chi connectivity index (χ4v) is 1.72. The van der Waals surface area contributed by atoms with Gasteiger partial charge in [-0.1, -0.05) is 23.7 Å². The molecule has 0 radical (unpaired) electrons. The van der Waals surface area contributed by atoms with E-state index >= 15 is 0 Å². The van der Waals surface area contributed by atoms with Crippen molar-refractivity contribution in [1.29, 1.82) is 0 Å². The molecular formula is C10H11ClF3NO. The number of benzene rings is 1. The fraction of sp³-hybridized carbons (Fsp3) is 0.400. The predicted molar refractivity (Wildman–Crippen MR) is 55.1 cm³/mol. The Morgan fingerprint density at radius 3 is 2.50 bits per heavy atom. The van der Waals surface area contributed by atoms with E-state index in [1.807, 2.05) is 0 Å². The largest absolute Gasteiger partial charge is 0.417 e. The van der Waals surface area contributed by atoms with Crippen molar-refractivity contribution in [3.63, 3.8) is 0 Å². The van der Waals surface area contributed by atoms with Gasteiger partial charge in [-0.2, -0.15) is 13.2 Å². The highest BCUT2D eigenvalue weighted by molar-refractivity contribution is 6.32. The van der Waals surface area contributed by atoms with Crippen molar-refractivity contribution in [3.05, 3.63) is 34.3 Å². The lowest BCUT2D eigenvalue weighted by Gasteiger charge is -2.16. The summed E-state index contributed by atoms with van der Waals surface area (Å²) in [4.78, 5) is 0. The number of nitrogens with two attached hydrogens (primary N) is 1. The highest BCUT2D eigenvalue weighted by atomic mass is 35.5. The van der Waals surface area contributed by atoms with Crippen molar-refractivity contribution in [2.24, 2.45) is 5.73 Å². The Bertz CT molecular complexity index is 368. The Morgan fingerprint density at radius 1 is 1.38 bits per heavy atom. The third kappa shape index (κ3) is 2.87. The molecule has 1 aromatic carbocycles. The second kappa shape index (κ2) is 5.03. The molecule has 0 heterocycles. The molecular weight excluding hydrogens is 243 g/mol. The maximum absolute atomic E-state index is 12.5. The van der Waals surface area contributed by atoms with Gasteiger partial charge in [0, 0.05) is 12.6 Å². The Hall–Kier alpha value is -0.780. The van der Waals surface area contributed by atoms with Crippen LogP contribution in [-0.2, 0) is 6.18 Å². The van der Waals surface area contributed by atoms with Crippen molar-refractivity contribution in [2.45, 2.75) is 18.6 Å². The summed E-state index contributed by atoms with van der Waals surface area (Å²) in [7, 11) is 0. The number of rotatable bonds is 3. The van der Waals surface area contributed by atoms with Crippen LogP contribution in [0.4, 0.5) is 13.2 Å². The number of aliphatic hydroxyl groups excluding tert-OH is 1. The second-order valence-corrected chi connectivity index (χ2v) is 3.70. The summed E-state index contributed by atoms with van der Waals surface area (Å²) in [6, 6.07) is 2.89. The Kier molecular flexibility index (Phi) is 4.18. The van der Waals surface area contributed by atoms with Gasteiger partial charge in [0.05, 0.1) is 10.6 Å². The summed E-state index contributed by atoms with van der Waals surface area (Å²) in [5, 5.41) is 8.28. The molecule has 1 atom stereocenters. The van der Waals surface area contributed by atoms with Crippen LogP contribution in [0, 0.1) is 0 Å². The van der Waals surface area contributed by atoms with Crippen LogP contribution in [0.3, 0.4) is 0 Å². The fourth-order valence-electron chi connectivity index (χ4n) is 1.35. The quantitative estimate of drug-likeness (QED) is 0.870. The molecule has 6 heteroatoms. The van der Waals surface area contributed by atoms with Crippen LogP contribution in [0.2, 0.25) is 5.02 Å². The minimum atomic E-state index is -4.49. The van der Waals surface area contributed by atoms with Gasteiger partial charge in [0.2, 0.25) is 0 Å². The van der Waals surface area contributed by atoms with E-state index in [1.54, 1.807) is 0 Å². The van der Waals surface area contributed by atoms with Crippen LogP contribution in [0.1, 0.15) is 23.6 Å². The Balaban J connectivity index is 3.14. The number of hydrogen-bond acceptors (Lipinski definition) is 2. The smallest absolute Gasteiger partial charge is 0.396 e. The molecule has 0 aliphatic rings. The van der Waals surface area contributed by atoms with Crippen LogP contribution in [0.25, 0.3) is 0 Å². The molecule has 2 nitrogen and oxygen atoms in total. The molecule has 1 rings (SSSR count). The number of aliphatic hydroxyl groups is 1. The van der Waals surface area contributed by atoms with Crippen LogP contribution >= 0.6 is 11.6 Å². The number of halogens is 4. The van der Waals surface area contributed by atoms with E-state index < -0.39 is 22.8 Å². The lowest BCUT2D eigenvalue weighted by molar-refractivity contribution is -0.137. The molecule has 3 N–H and O–H groups in total. The summed E-state index contributed by atoms with van der Waals surface area (Å²) < 4.78 is 37.5. The maximum Gasteiger partial charge on any atom is 0.417 e. The van der Waals surface area contributed by atoms with Crippen molar-refractivity contribution in [2.75, 3.05) is 6.61 Å². The first-order valence-corrected chi connectivity index (χ1v) is 4.97. The van der Waals surface area contributed by atoms with Gasteiger partial charge in [-0.25, -0.2) is 0 Å². The summed E-state index contributed by atoms with van der Waals surface area (Å²) in [6.45, 7) is -0.201. The van der Waals surface area contributed by atoms with Gasteiger partial charge in [0.15, 0.2) is 0 Å². The first-order valence-electron chi connectivity index (χ1n) is 4.60. The van der Waals surface area contributed by atoms with E-state index in [9.17, 15) is 13.2 Å². The minimum Gasteiger partial charge on any atom is -0.396 e. The lowest BCUT2D eigenvalue weighted by atomic mass is 10.0. The van der Waals surface area contributed by atoms with E-state index in [4.69, 9.17) is 22.4 Å². The average molecular weight is 254 g/mol. The molecule has 0 amide bonds. The van der Waals surface area contributed by atoms with Gasteiger partial charge in [-0.05, 0) is 18.1 Å². The molecule has 0 fully saturated rings.